The van der Waals surface area contributed by atoms with E-state index in [1.165, 1.54) is 5.56 Å². The molecule has 28 heavy (non-hydrogen) atoms. The van der Waals surface area contributed by atoms with E-state index in [0.717, 1.165) is 33.8 Å². The number of hydrogen-bond donors (Lipinski definition) is 3. The highest BCUT2D eigenvalue weighted by Crippen LogP contribution is 2.29. The second-order valence-corrected chi connectivity index (χ2v) is 6.41. The first-order valence-corrected chi connectivity index (χ1v) is 9.16. The van der Waals surface area contributed by atoms with Crippen molar-refractivity contribution >= 4 is 22.7 Å². The lowest BCUT2D eigenvalue weighted by Crippen LogP contribution is -2.02. The molecule has 0 fully saturated rings. The van der Waals surface area contributed by atoms with Crippen LogP contribution in [0.2, 0.25) is 0 Å². The fourth-order valence-electron chi connectivity index (χ4n) is 3.04. The Labute approximate surface area is 163 Å². The van der Waals surface area contributed by atoms with E-state index in [0.29, 0.717) is 19.5 Å². The number of benzene rings is 2. The number of H-pyrrole nitrogens is 1. The molecule has 0 amide bonds. The van der Waals surface area contributed by atoms with Crippen molar-refractivity contribution in [1.82, 2.24) is 15.0 Å². The van der Waals surface area contributed by atoms with Crippen molar-refractivity contribution in [3.05, 3.63) is 72.6 Å². The van der Waals surface area contributed by atoms with Crippen LogP contribution >= 0.6 is 0 Å². The van der Waals surface area contributed by atoms with Gasteiger partial charge in [-0.2, -0.15) is 5.26 Å². The van der Waals surface area contributed by atoms with E-state index in [4.69, 9.17) is 10.2 Å². The van der Waals surface area contributed by atoms with Crippen molar-refractivity contribution in [2.45, 2.75) is 13.0 Å². The molecular formula is C22H20N6. The Bertz CT molecular complexity index is 1110. The monoisotopic (exact) mass is 368 g/mol. The van der Waals surface area contributed by atoms with Gasteiger partial charge >= 0.3 is 0 Å². The zero-order valence-corrected chi connectivity index (χ0v) is 15.3. The van der Waals surface area contributed by atoms with Gasteiger partial charge in [0.25, 0.3) is 0 Å². The van der Waals surface area contributed by atoms with Crippen LogP contribution in [0.25, 0.3) is 22.3 Å². The average Bonchev–Trinajstić information content (AvgIpc) is 3.17. The fraction of sp³-hybridized carbons (Fsp3) is 0.136. The average molecular weight is 368 g/mol. The van der Waals surface area contributed by atoms with Crippen molar-refractivity contribution in [2.75, 3.05) is 17.2 Å². The third-order valence-electron chi connectivity index (χ3n) is 4.44. The number of anilines is 2. The Morgan fingerprint density at radius 1 is 1.04 bits per heavy atom. The third-order valence-corrected chi connectivity index (χ3v) is 4.44. The van der Waals surface area contributed by atoms with Crippen LogP contribution in [0.15, 0.2) is 67.0 Å². The van der Waals surface area contributed by atoms with E-state index in [1.807, 2.05) is 42.6 Å². The molecule has 4 rings (SSSR count). The van der Waals surface area contributed by atoms with Gasteiger partial charge in [0.05, 0.1) is 18.7 Å². The number of aromatic amines is 1. The van der Waals surface area contributed by atoms with Gasteiger partial charge in [0.15, 0.2) is 5.65 Å². The molecule has 2 aromatic carbocycles. The normalized spacial score (nSPS) is 10.5. The van der Waals surface area contributed by atoms with Crippen molar-refractivity contribution < 1.29 is 0 Å². The van der Waals surface area contributed by atoms with Crippen LogP contribution in [0.4, 0.5) is 11.5 Å². The van der Waals surface area contributed by atoms with Gasteiger partial charge in [-0.3, -0.25) is 0 Å². The minimum atomic E-state index is 0.471. The van der Waals surface area contributed by atoms with E-state index >= 15 is 0 Å². The molecule has 0 radical (unpaired) electrons. The molecule has 0 aliphatic rings. The predicted molar refractivity (Wildman–Crippen MR) is 112 cm³/mol. The van der Waals surface area contributed by atoms with Crippen LogP contribution in [0.1, 0.15) is 12.0 Å². The van der Waals surface area contributed by atoms with E-state index in [-0.39, 0.29) is 0 Å². The van der Waals surface area contributed by atoms with Gasteiger partial charge in [-0.1, -0.05) is 42.5 Å². The Hall–Kier alpha value is -3.85. The Balaban J connectivity index is 1.58. The van der Waals surface area contributed by atoms with Crippen molar-refractivity contribution in [2.24, 2.45) is 0 Å². The lowest BCUT2D eigenvalue weighted by molar-refractivity contribution is 1.08. The molecule has 0 bridgehead atoms. The minimum absolute atomic E-state index is 0.471. The summed E-state index contributed by atoms with van der Waals surface area (Å²) in [6, 6.07) is 20.4. The molecular weight excluding hydrogens is 348 g/mol. The molecule has 0 saturated carbocycles. The summed E-state index contributed by atoms with van der Waals surface area (Å²) >= 11 is 0. The van der Waals surface area contributed by atoms with Gasteiger partial charge < -0.3 is 15.6 Å². The highest BCUT2D eigenvalue weighted by atomic mass is 15.0. The first kappa shape index (κ1) is 17.6. The third kappa shape index (κ3) is 3.94. The summed E-state index contributed by atoms with van der Waals surface area (Å²) in [5.41, 5.74) is 5.79. The number of rotatable bonds is 7. The molecule has 4 aromatic rings. The number of aromatic nitrogens is 3. The first-order valence-electron chi connectivity index (χ1n) is 9.16. The van der Waals surface area contributed by atoms with Crippen molar-refractivity contribution in [3.63, 3.8) is 0 Å². The van der Waals surface area contributed by atoms with Crippen LogP contribution in [0.5, 0.6) is 0 Å². The van der Waals surface area contributed by atoms with Crippen LogP contribution in [-0.4, -0.2) is 21.5 Å². The summed E-state index contributed by atoms with van der Waals surface area (Å²) in [5.74, 6) is 0.737. The Morgan fingerprint density at radius 3 is 2.79 bits per heavy atom. The van der Waals surface area contributed by atoms with Crippen LogP contribution < -0.4 is 10.6 Å². The molecule has 0 unspecified atom stereocenters. The number of nitrogens with one attached hydrogen (secondary N) is 3. The molecule has 3 N–H and O–H groups in total. The smallest absolute Gasteiger partial charge is 0.156 e. The molecule has 0 saturated heterocycles. The molecule has 2 heterocycles. The minimum Gasteiger partial charge on any atom is -0.384 e. The van der Waals surface area contributed by atoms with Crippen molar-refractivity contribution in [1.29, 1.82) is 5.26 Å². The van der Waals surface area contributed by atoms with Gasteiger partial charge in [-0.25, -0.2) is 9.97 Å². The van der Waals surface area contributed by atoms with E-state index in [2.05, 4.69) is 44.9 Å². The lowest BCUT2D eigenvalue weighted by Gasteiger charge is -2.07. The van der Waals surface area contributed by atoms with Crippen LogP contribution in [0, 0.1) is 11.3 Å². The SMILES string of the molecule is N#CCCNc1cccc(-c2c[nH]c3ncc(NCc4ccccc4)nc23)c1. The molecule has 138 valence electrons. The predicted octanol–water partition coefficient (Wildman–Crippen LogP) is 4.56. The van der Waals surface area contributed by atoms with E-state index in [1.54, 1.807) is 6.20 Å². The highest BCUT2D eigenvalue weighted by Gasteiger charge is 2.10. The molecule has 0 atom stereocenters. The number of nitrogens with zero attached hydrogens (tertiary/aromatic N) is 3. The first-order chi connectivity index (χ1) is 13.8. The van der Waals surface area contributed by atoms with Gasteiger partial charge in [-0.05, 0) is 23.3 Å². The zero-order chi connectivity index (χ0) is 19.2. The second-order valence-electron chi connectivity index (χ2n) is 6.41. The molecule has 6 heteroatoms. The summed E-state index contributed by atoms with van der Waals surface area (Å²) in [4.78, 5) is 12.4. The highest BCUT2D eigenvalue weighted by molar-refractivity contribution is 5.91. The van der Waals surface area contributed by atoms with Gasteiger partial charge in [0.2, 0.25) is 0 Å². The Morgan fingerprint density at radius 2 is 1.93 bits per heavy atom. The van der Waals surface area contributed by atoms with E-state index in [9.17, 15) is 0 Å². The maximum absolute atomic E-state index is 8.69. The maximum atomic E-state index is 8.69. The molecule has 0 aliphatic carbocycles. The molecule has 6 nitrogen and oxygen atoms in total. The summed E-state index contributed by atoms with van der Waals surface area (Å²) in [6.45, 7) is 1.32. The van der Waals surface area contributed by atoms with Gasteiger partial charge in [-0.15, -0.1) is 0 Å². The van der Waals surface area contributed by atoms with Crippen molar-refractivity contribution in [3.8, 4) is 17.2 Å². The second kappa shape index (κ2) is 8.23. The van der Waals surface area contributed by atoms with Gasteiger partial charge in [0, 0.05) is 30.5 Å². The topological polar surface area (TPSA) is 89.4 Å². The van der Waals surface area contributed by atoms with Crippen LogP contribution in [0.3, 0.4) is 0 Å². The van der Waals surface area contributed by atoms with E-state index < -0.39 is 0 Å². The number of fused-ring (bicyclic) bond motifs is 1. The molecule has 2 aromatic heterocycles. The molecule has 0 spiro atoms. The van der Waals surface area contributed by atoms with Gasteiger partial charge in [0.1, 0.15) is 11.3 Å². The summed E-state index contributed by atoms with van der Waals surface area (Å²) in [7, 11) is 0. The summed E-state index contributed by atoms with van der Waals surface area (Å²) in [5, 5.41) is 15.3. The largest absolute Gasteiger partial charge is 0.384 e. The quantitative estimate of drug-likeness (QED) is 0.416. The number of hydrogen-bond acceptors (Lipinski definition) is 5. The summed E-state index contributed by atoms with van der Waals surface area (Å²) in [6.07, 6.45) is 4.14. The maximum Gasteiger partial charge on any atom is 0.156 e. The summed E-state index contributed by atoms with van der Waals surface area (Å²) < 4.78 is 0. The molecule has 0 aliphatic heterocycles. The fourth-order valence-corrected chi connectivity index (χ4v) is 3.04. The Kier molecular flexibility index (Phi) is 5.16. The standard InChI is InChI=1S/C22H20N6/c23-10-5-11-24-18-9-4-8-17(12-18)19-14-26-22-21(19)28-20(15-27-22)25-13-16-6-2-1-3-7-16/h1-4,6-9,12,14-15,24H,5,11,13H2,(H,25,28)(H,26,27). The van der Waals surface area contributed by atoms with Crippen LogP contribution in [-0.2, 0) is 6.54 Å². The number of nitriles is 1. The zero-order valence-electron chi connectivity index (χ0n) is 15.3. The lowest BCUT2D eigenvalue weighted by atomic mass is 10.1.